The van der Waals surface area contributed by atoms with Crippen molar-refractivity contribution in [2.45, 2.75) is 19.3 Å². The molecule has 3 aromatic rings. The summed E-state index contributed by atoms with van der Waals surface area (Å²) in [5.41, 5.74) is 2.61. The molecule has 2 aromatic carbocycles. The summed E-state index contributed by atoms with van der Waals surface area (Å²) in [5, 5.41) is 1.04. The first-order valence-electron chi connectivity index (χ1n) is 8.26. The number of halogens is 2. The molecule has 0 bridgehead atoms. The summed E-state index contributed by atoms with van der Waals surface area (Å²) in [4.78, 5) is 19.0. The maximum atomic E-state index is 12.6. The van der Waals surface area contributed by atoms with Crippen LogP contribution in [0.25, 0.3) is 22.6 Å². The van der Waals surface area contributed by atoms with E-state index in [0.717, 1.165) is 25.9 Å². The Morgan fingerprint density at radius 1 is 1.00 bits per heavy atom. The summed E-state index contributed by atoms with van der Waals surface area (Å²) in [5.74, 6) is 0.479. The number of hydrogen-bond acceptors (Lipinski definition) is 3. The predicted octanol–water partition coefficient (Wildman–Crippen LogP) is 5.43. The van der Waals surface area contributed by atoms with Gasteiger partial charge in [-0.25, -0.2) is 4.98 Å². The Morgan fingerprint density at radius 3 is 2.44 bits per heavy atom. The lowest BCUT2D eigenvalue weighted by molar-refractivity contribution is 0.0724. The van der Waals surface area contributed by atoms with E-state index >= 15 is 0 Å². The topological polar surface area (TPSA) is 46.3 Å². The monoisotopic (exact) mass is 374 g/mol. The molecule has 1 saturated heterocycles. The fourth-order valence-electron chi connectivity index (χ4n) is 3.14. The molecular weight excluding hydrogens is 359 g/mol. The summed E-state index contributed by atoms with van der Waals surface area (Å²) in [7, 11) is 0. The second-order valence-electron chi connectivity index (χ2n) is 6.21. The number of aromatic nitrogens is 1. The molecule has 0 radical (unpaired) electrons. The first-order chi connectivity index (χ1) is 12.1. The lowest BCUT2D eigenvalue weighted by Crippen LogP contribution is -2.35. The number of benzene rings is 2. The molecule has 1 fully saturated rings. The standard InChI is InChI=1S/C19H16Cl2N2O2/c20-14-8-13(9-15(21)11-14)18-22-16-5-4-12(10-17(16)25-18)19(24)23-6-2-1-3-7-23/h4-5,8-11H,1-3,6-7H2. The van der Waals surface area contributed by atoms with E-state index in [1.165, 1.54) is 6.42 Å². The molecule has 0 N–H and O–H groups in total. The van der Waals surface area contributed by atoms with Gasteiger partial charge in [0.25, 0.3) is 5.91 Å². The summed E-state index contributed by atoms with van der Waals surface area (Å²) in [6.45, 7) is 1.64. The van der Waals surface area contributed by atoms with Crippen LogP contribution in [0.3, 0.4) is 0 Å². The summed E-state index contributed by atoms with van der Waals surface area (Å²) in [6, 6.07) is 10.5. The van der Waals surface area contributed by atoms with E-state index in [4.69, 9.17) is 27.6 Å². The van der Waals surface area contributed by atoms with E-state index in [9.17, 15) is 4.79 Å². The van der Waals surface area contributed by atoms with Crippen molar-refractivity contribution in [2.24, 2.45) is 0 Å². The maximum absolute atomic E-state index is 12.6. The molecule has 1 amide bonds. The molecule has 1 aromatic heterocycles. The second kappa shape index (κ2) is 6.70. The number of carbonyl (C=O) groups is 1. The van der Waals surface area contributed by atoms with Gasteiger partial charge in [0.05, 0.1) is 0 Å². The molecule has 2 heterocycles. The molecule has 0 spiro atoms. The molecule has 1 aliphatic rings. The number of nitrogens with zero attached hydrogens (tertiary/aromatic N) is 2. The van der Waals surface area contributed by atoms with Crippen molar-refractivity contribution in [2.75, 3.05) is 13.1 Å². The van der Waals surface area contributed by atoms with Crippen molar-refractivity contribution in [1.82, 2.24) is 9.88 Å². The average Bonchev–Trinajstić information content (AvgIpc) is 3.04. The first kappa shape index (κ1) is 16.4. The van der Waals surface area contributed by atoms with Gasteiger partial charge in [0.2, 0.25) is 5.89 Å². The zero-order valence-electron chi connectivity index (χ0n) is 13.5. The van der Waals surface area contributed by atoms with Gasteiger partial charge in [0.1, 0.15) is 5.52 Å². The highest BCUT2D eigenvalue weighted by Gasteiger charge is 2.19. The van der Waals surface area contributed by atoms with Gasteiger partial charge >= 0.3 is 0 Å². The number of rotatable bonds is 2. The number of carbonyl (C=O) groups excluding carboxylic acids is 1. The minimum absolute atomic E-state index is 0.0466. The molecule has 1 aliphatic heterocycles. The molecule has 0 atom stereocenters. The van der Waals surface area contributed by atoms with Gasteiger partial charge in [-0.05, 0) is 55.7 Å². The summed E-state index contributed by atoms with van der Waals surface area (Å²) < 4.78 is 5.84. The predicted molar refractivity (Wildman–Crippen MR) is 99.2 cm³/mol. The highest BCUT2D eigenvalue weighted by atomic mass is 35.5. The van der Waals surface area contributed by atoms with Crippen LogP contribution in [0, 0.1) is 0 Å². The van der Waals surface area contributed by atoms with Crippen LogP contribution in [0.1, 0.15) is 29.6 Å². The van der Waals surface area contributed by atoms with Crippen LogP contribution in [-0.2, 0) is 0 Å². The summed E-state index contributed by atoms with van der Waals surface area (Å²) >= 11 is 12.1. The van der Waals surface area contributed by atoms with E-state index < -0.39 is 0 Å². The van der Waals surface area contributed by atoms with Gasteiger partial charge in [-0.15, -0.1) is 0 Å². The van der Waals surface area contributed by atoms with Gasteiger partial charge in [0.15, 0.2) is 5.58 Å². The van der Waals surface area contributed by atoms with Crippen molar-refractivity contribution in [3.63, 3.8) is 0 Å². The largest absolute Gasteiger partial charge is 0.436 e. The zero-order valence-corrected chi connectivity index (χ0v) is 15.0. The van der Waals surface area contributed by atoms with Crippen molar-refractivity contribution in [3.8, 4) is 11.5 Å². The van der Waals surface area contributed by atoms with Crippen molar-refractivity contribution in [3.05, 3.63) is 52.0 Å². The Morgan fingerprint density at radius 2 is 1.72 bits per heavy atom. The highest BCUT2D eigenvalue weighted by molar-refractivity contribution is 6.35. The molecule has 0 saturated carbocycles. The normalized spacial score (nSPS) is 14.9. The Hall–Kier alpha value is -2.04. The smallest absolute Gasteiger partial charge is 0.253 e. The van der Waals surface area contributed by atoms with E-state index in [-0.39, 0.29) is 5.91 Å². The Balaban J connectivity index is 1.68. The number of piperidine rings is 1. The quantitative estimate of drug-likeness (QED) is 0.600. The maximum Gasteiger partial charge on any atom is 0.253 e. The third-order valence-electron chi connectivity index (χ3n) is 4.39. The van der Waals surface area contributed by atoms with Gasteiger partial charge in [-0.2, -0.15) is 0 Å². The molecule has 4 rings (SSSR count). The Bertz CT molecular complexity index is 925. The number of hydrogen-bond donors (Lipinski definition) is 0. The second-order valence-corrected chi connectivity index (χ2v) is 7.09. The molecular formula is C19H16Cl2N2O2. The third-order valence-corrected chi connectivity index (χ3v) is 4.82. The van der Waals surface area contributed by atoms with Crippen LogP contribution in [0.15, 0.2) is 40.8 Å². The Kier molecular flexibility index (Phi) is 4.40. The number of amides is 1. The molecule has 6 heteroatoms. The number of fused-ring (bicyclic) bond motifs is 1. The van der Waals surface area contributed by atoms with Gasteiger partial charge in [-0.3, -0.25) is 4.79 Å². The van der Waals surface area contributed by atoms with E-state index in [1.54, 1.807) is 30.3 Å². The van der Waals surface area contributed by atoms with Gasteiger partial charge in [0, 0.05) is 34.3 Å². The van der Waals surface area contributed by atoms with E-state index in [1.807, 2.05) is 11.0 Å². The van der Waals surface area contributed by atoms with Crippen molar-refractivity contribution >= 4 is 40.2 Å². The van der Waals surface area contributed by atoms with Crippen LogP contribution in [0.4, 0.5) is 0 Å². The highest BCUT2D eigenvalue weighted by Crippen LogP contribution is 2.30. The fraction of sp³-hybridized carbons (Fsp3) is 0.263. The van der Waals surface area contributed by atoms with Gasteiger partial charge in [-0.1, -0.05) is 23.2 Å². The van der Waals surface area contributed by atoms with E-state index in [0.29, 0.717) is 38.2 Å². The van der Waals surface area contributed by atoms with Gasteiger partial charge < -0.3 is 9.32 Å². The first-order valence-corrected chi connectivity index (χ1v) is 9.02. The number of likely N-dealkylation sites (tertiary alicyclic amines) is 1. The third kappa shape index (κ3) is 3.37. The lowest BCUT2D eigenvalue weighted by Gasteiger charge is -2.26. The summed E-state index contributed by atoms with van der Waals surface area (Å²) in [6.07, 6.45) is 3.32. The lowest BCUT2D eigenvalue weighted by atomic mass is 10.1. The van der Waals surface area contributed by atoms with Crippen molar-refractivity contribution < 1.29 is 9.21 Å². The van der Waals surface area contributed by atoms with Crippen molar-refractivity contribution in [1.29, 1.82) is 0 Å². The average molecular weight is 375 g/mol. The van der Waals surface area contributed by atoms with Crippen LogP contribution in [-0.4, -0.2) is 28.9 Å². The fourth-order valence-corrected chi connectivity index (χ4v) is 3.66. The van der Waals surface area contributed by atoms with Crippen LogP contribution < -0.4 is 0 Å². The number of oxazole rings is 1. The molecule has 0 aliphatic carbocycles. The zero-order chi connectivity index (χ0) is 17.4. The molecule has 4 nitrogen and oxygen atoms in total. The van der Waals surface area contributed by atoms with Crippen LogP contribution >= 0.6 is 23.2 Å². The Labute approximate surface area is 155 Å². The minimum atomic E-state index is 0.0466. The molecule has 0 unspecified atom stereocenters. The SMILES string of the molecule is O=C(c1ccc2nc(-c3cc(Cl)cc(Cl)c3)oc2c1)N1CCCCC1. The van der Waals surface area contributed by atoms with Crippen LogP contribution in [0.5, 0.6) is 0 Å². The van der Waals surface area contributed by atoms with Crippen LogP contribution in [0.2, 0.25) is 10.0 Å². The van der Waals surface area contributed by atoms with E-state index in [2.05, 4.69) is 4.98 Å². The minimum Gasteiger partial charge on any atom is -0.436 e. The molecule has 128 valence electrons. The molecule has 25 heavy (non-hydrogen) atoms.